The first kappa shape index (κ1) is 13.1. The first-order valence-electron chi connectivity index (χ1n) is 5.51. The van der Waals surface area contributed by atoms with Crippen LogP contribution in [0.5, 0.6) is 0 Å². The fraction of sp³-hybridized carbons (Fsp3) is 0.545. The SMILES string of the molecule is CN(CC1CNCCO1)c1ncc(Cl)cc1Br. The van der Waals surface area contributed by atoms with Gasteiger partial charge in [0.1, 0.15) is 5.82 Å². The summed E-state index contributed by atoms with van der Waals surface area (Å²) >= 11 is 9.34. The summed E-state index contributed by atoms with van der Waals surface area (Å²) in [4.78, 5) is 6.38. The summed E-state index contributed by atoms with van der Waals surface area (Å²) in [5.41, 5.74) is 0. The molecule has 4 nitrogen and oxygen atoms in total. The molecule has 1 atom stereocenters. The van der Waals surface area contributed by atoms with E-state index >= 15 is 0 Å². The van der Waals surface area contributed by atoms with Gasteiger partial charge in [-0.25, -0.2) is 4.98 Å². The number of morpholine rings is 1. The number of aromatic nitrogens is 1. The standard InChI is InChI=1S/C11H15BrClN3O/c1-16(7-9-6-14-2-3-17-9)11-10(12)4-8(13)5-15-11/h4-5,9,14H,2-3,6-7H2,1H3. The summed E-state index contributed by atoms with van der Waals surface area (Å²) in [5.74, 6) is 0.878. The minimum absolute atomic E-state index is 0.207. The third kappa shape index (κ3) is 3.55. The normalized spacial score (nSPS) is 20.3. The summed E-state index contributed by atoms with van der Waals surface area (Å²) in [6, 6.07) is 1.85. The Morgan fingerprint density at radius 3 is 3.18 bits per heavy atom. The third-order valence-electron chi connectivity index (χ3n) is 2.63. The zero-order chi connectivity index (χ0) is 12.3. The van der Waals surface area contributed by atoms with Gasteiger partial charge in [0.05, 0.1) is 22.2 Å². The zero-order valence-electron chi connectivity index (χ0n) is 9.62. The van der Waals surface area contributed by atoms with E-state index in [-0.39, 0.29) is 6.10 Å². The molecule has 0 spiro atoms. The van der Waals surface area contributed by atoms with Crippen molar-refractivity contribution in [3.8, 4) is 0 Å². The minimum atomic E-state index is 0.207. The molecule has 1 aromatic heterocycles. The molecule has 17 heavy (non-hydrogen) atoms. The van der Waals surface area contributed by atoms with Crippen molar-refractivity contribution in [2.75, 3.05) is 38.2 Å². The number of ether oxygens (including phenoxy) is 1. The third-order valence-corrected chi connectivity index (χ3v) is 3.42. The molecule has 1 fully saturated rings. The highest BCUT2D eigenvalue weighted by atomic mass is 79.9. The number of halogens is 2. The molecular formula is C11H15BrClN3O. The van der Waals surface area contributed by atoms with E-state index < -0.39 is 0 Å². The molecule has 1 aliphatic heterocycles. The van der Waals surface area contributed by atoms with Crippen LogP contribution in [0.3, 0.4) is 0 Å². The Hall–Kier alpha value is -0.360. The number of hydrogen-bond donors (Lipinski definition) is 1. The van der Waals surface area contributed by atoms with Gasteiger partial charge in [-0.3, -0.25) is 0 Å². The van der Waals surface area contributed by atoms with Crippen molar-refractivity contribution < 1.29 is 4.74 Å². The topological polar surface area (TPSA) is 37.4 Å². The highest BCUT2D eigenvalue weighted by Gasteiger charge is 2.17. The lowest BCUT2D eigenvalue weighted by atomic mass is 10.3. The number of anilines is 1. The molecule has 0 bridgehead atoms. The van der Waals surface area contributed by atoms with E-state index in [4.69, 9.17) is 16.3 Å². The van der Waals surface area contributed by atoms with Crippen LogP contribution in [0.25, 0.3) is 0 Å². The molecule has 0 aromatic carbocycles. The second kappa shape index (κ2) is 6.00. The predicted molar refractivity (Wildman–Crippen MR) is 72.8 cm³/mol. The molecule has 2 heterocycles. The van der Waals surface area contributed by atoms with E-state index in [1.165, 1.54) is 0 Å². The second-order valence-electron chi connectivity index (χ2n) is 4.04. The molecule has 1 aromatic rings. The van der Waals surface area contributed by atoms with Crippen LogP contribution >= 0.6 is 27.5 Å². The fourth-order valence-corrected chi connectivity index (χ4v) is 2.76. The van der Waals surface area contributed by atoms with Crippen LogP contribution < -0.4 is 10.2 Å². The van der Waals surface area contributed by atoms with Gasteiger partial charge >= 0.3 is 0 Å². The highest BCUT2D eigenvalue weighted by molar-refractivity contribution is 9.10. The highest BCUT2D eigenvalue weighted by Crippen LogP contribution is 2.25. The van der Waals surface area contributed by atoms with Crippen molar-refractivity contribution in [2.45, 2.75) is 6.10 Å². The molecule has 1 saturated heterocycles. The van der Waals surface area contributed by atoms with Crippen LogP contribution in [-0.4, -0.2) is 44.4 Å². The molecular weight excluding hydrogens is 305 g/mol. The van der Waals surface area contributed by atoms with Gasteiger partial charge in [-0.2, -0.15) is 0 Å². The predicted octanol–water partition coefficient (Wildman–Crippen LogP) is 1.92. The van der Waals surface area contributed by atoms with E-state index in [0.29, 0.717) is 5.02 Å². The fourth-order valence-electron chi connectivity index (χ4n) is 1.82. The van der Waals surface area contributed by atoms with Gasteiger partial charge in [0, 0.05) is 32.9 Å². The Labute approximate surface area is 114 Å². The zero-order valence-corrected chi connectivity index (χ0v) is 12.0. The Balaban J connectivity index is 2.00. The van der Waals surface area contributed by atoms with Crippen molar-refractivity contribution >= 4 is 33.3 Å². The van der Waals surface area contributed by atoms with Crippen LogP contribution in [0.4, 0.5) is 5.82 Å². The van der Waals surface area contributed by atoms with Gasteiger partial charge in [-0.1, -0.05) is 11.6 Å². The largest absolute Gasteiger partial charge is 0.374 e. The lowest BCUT2D eigenvalue weighted by molar-refractivity contribution is 0.0339. The van der Waals surface area contributed by atoms with Gasteiger partial charge in [0.2, 0.25) is 0 Å². The Kier molecular flexibility index (Phi) is 4.62. The van der Waals surface area contributed by atoms with Crippen molar-refractivity contribution in [1.82, 2.24) is 10.3 Å². The maximum absolute atomic E-state index is 5.87. The number of nitrogens with one attached hydrogen (secondary N) is 1. The number of pyridine rings is 1. The van der Waals surface area contributed by atoms with Gasteiger partial charge in [0.15, 0.2) is 0 Å². The summed E-state index contributed by atoms with van der Waals surface area (Å²) in [5, 5.41) is 3.94. The Morgan fingerprint density at radius 2 is 2.53 bits per heavy atom. The maximum Gasteiger partial charge on any atom is 0.142 e. The van der Waals surface area contributed by atoms with Crippen molar-refractivity contribution in [3.05, 3.63) is 21.8 Å². The molecule has 1 unspecified atom stereocenters. The first-order chi connectivity index (χ1) is 8.16. The lowest BCUT2D eigenvalue weighted by Crippen LogP contribution is -2.44. The van der Waals surface area contributed by atoms with E-state index in [0.717, 1.165) is 36.5 Å². The van der Waals surface area contributed by atoms with Crippen molar-refractivity contribution in [3.63, 3.8) is 0 Å². The van der Waals surface area contributed by atoms with Crippen LogP contribution in [0.15, 0.2) is 16.7 Å². The van der Waals surface area contributed by atoms with Crippen LogP contribution in [0, 0.1) is 0 Å². The second-order valence-corrected chi connectivity index (χ2v) is 5.33. The minimum Gasteiger partial charge on any atom is -0.374 e. The molecule has 94 valence electrons. The lowest BCUT2D eigenvalue weighted by Gasteiger charge is -2.29. The van der Waals surface area contributed by atoms with Crippen LogP contribution in [0.2, 0.25) is 5.02 Å². The summed E-state index contributed by atoms with van der Waals surface area (Å²) in [6.45, 7) is 3.40. The monoisotopic (exact) mass is 319 g/mol. The summed E-state index contributed by atoms with van der Waals surface area (Å²) in [7, 11) is 2.00. The molecule has 1 N–H and O–H groups in total. The van der Waals surface area contributed by atoms with Gasteiger partial charge in [-0.05, 0) is 22.0 Å². The van der Waals surface area contributed by atoms with Gasteiger partial charge in [0.25, 0.3) is 0 Å². The number of likely N-dealkylation sites (N-methyl/N-ethyl adjacent to an activating group) is 1. The molecule has 0 aliphatic carbocycles. The van der Waals surface area contributed by atoms with E-state index in [1.54, 1.807) is 6.20 Å². The van der Waals surface area contributed by atoms with Gasteiger partial charge < -0.3 is 15.0 Å². The number of rotatable bonds is 3. The van der Waals surface area contributed by atoms with Crippen molar-refractivity contribution in [2.24, 2.45) is 0 Å². The van der Waals surface area contributed by atoms with E-state index in [2.05, 4.69) is 31.1 Å². The summed E-state index contributed by atoms with van der Waals surface area (Å²) in [6.07, 6.45) is 1.86. The van der Waals surface area contributed by atoms with Gasteiger partial charge in [-0.15, -0.1) is 0 Å². The number of nitrogens with zero attached hydrogens (tertiary/aromatic N) is 2. The van der Waals surface area contributed by atoms with E-state index in [9.17, 15) is 0 Å². The first-order valence-corrected chi connectivity index (χ1v) is 6.68. The Bertz CT molecular complexity index is 385. The average Bonchev–Trinajstić information content (AvgIpc) is 2.30. The van der Waals surface area contributed by atoms with Crippen LogP contribution in [0.1, 0.15) is 0 Å². The smallest absolute Gasteiger partial charge is 0.142 e. The molecule has 6 heteroatoms. The average molecular weight is 321 g/mol. The quantitative estimate of drug-likeness (QED) is 0.923. The molecule has 2 rings (SSSR count). The molecule has 1 aliphatic rings. The maximum atomic E-state index is 5.87. The molecule has 0 saturated carbocycles. The molecule has 0 radical (unpaired) electrons. The van der Waals surface area contributed by atoms with Crippen molar-refractivity contribution in [1.29, 1.82) is 0 Å². The Morgan fingerprint density at radius 1 is 1.71 bits per heavy atom. The number of hydrogen-bond acceptors (Lipinski definition) is 4. The van der Waals surface area contributed by atoms with Crippen LogP contribution in [-0.2, 0) is 4.74 Å². The van der Waals surface area contributed by atoms with E-state index in [1.807, 2.05) is 13.1 Å². The summed E-state index contributed by atoms with van der Waals surface area (Å²) < 4.78 is 6.56. The molecule has 0 amide bonds.